The van der Waals surface area contributed by atoms with Gasteiger partial charge in [-0.05, 0) is 38.1 Å². The molecule has 2 rings (SSSR count). The van der Waals surface area contributed by atoms with Crippen molar-refractivity contribution in [3.8, 4) is 18.1 Å². The summed E-state index contributed by atoms with van der Waals surface area (Å²) in [7, 11) is 0. The van der Waals surface area contributed by atoms with Crippen molar-refractivity contribution in [2.75, 3.05) is 16.8 Å². The van der Waals surface area contributed by atoms with E-state index in [0.29, 0.717) is 11.4 Å². The van der Waals surface area contributed by atoms with Crippen LogP contribution in [0, 0.1) is 12.3 Å². The number of ether oxygens (including phenoxy) is 2. The van der Waals surface area contributed by atoms with Crippen LogP contribution in [0.15, 0.2) is 54.6 Å². The molecule has 0 aliphatic heterocycles. The molecule has 0 aliphatic rings. The molecule has 0 radical (unpaired) electrons. The predicted octanol–water partition coefficient (Wildman–Crippen LogP) is 4.28. The number of amides is 2. The Morgan fingerprint density at radius 1 is 1.15 bits per heavy atom. The Hall–Kier alpha value is -3.46. The van der Waals surface area contributed by atoms with Crippen LogP contribution in [0.4, 0.5) is 21.0 Å². The Labute approximate surface area is 152 Å². The fourth-order valence-corrected chi connectivity index (χ4v) is 2.25. The van der Waals surface area contributed by atoms with Gasteiger partial charge in [0.05, 0.1) is 0 Å². The summed E-state index contributed by atoms with van der Waals surface area (Å²) in [5, 5.41) is 2.51. The van der Waals surface area contributed by atoms with Gasteiger partial charge in [0, 0.05) is 23.5 Å². The standard InChI is InChI=1S/C20H20N2O4/c1-4-13-25-19(23)21-16-9-8-12-18(14-16)26-20(24)22(15(2)3)17-10-6-5-7-11-17/h1,5-12,14-15H,13H2,2-3H3,(H,21,23). The molecule has 134 valence electrons. The zero-order valence-corrected chi connectivity index (χ0v) is 14.6. The van der Waals surface area contributed by atoms with E-state index in [1.54, 1.807) is 23.1 Å². The van der Waals surface area contributed by atoms with Crippen LogP contribution >= 0.6 is 0 Å². The minimum atomic E-state index is -0.681. The van der Waals surface area contributed by atoms with Crippen LogP contribution < -0.4 is 15.0 Å². The summed E-state index contributed by atoms with van der Waals surface area (Å²) in [5.74, 6) is 2.50. The van der Waals surface area contributed by atoms with Crippen LogP contribution in [0.25, 0.3) is 0 Å². The lowest BCUT2D eigenvalue weighted by Crippen LogP contribution is -2.39. The minimum absolute atomic E-state index is 0.0926. The average molecular weight is 352 g/mol. The number of rotatable bonds is 5. The van der Waals surface area contributed by atoms with Crippen LogP contribution in [0.2, 0.25) is 0 Å². The molecule has 0 atom stereocenters. The highest BCUT2D eigenvalue weighted by molar-refractivity contribution is 5.90. The van der Waals surface area contributed by atoms with Crippen molar-refractivity contribution in [3.05, 3.63) is 54.6 Å². The van der Waals surface area contributed by atoms with E-state index in [9.17, 15) is 9.59 Å². The van der Waals surface area contributed by atoms with Gasteiger partial charge < -0.3 is 9.47 Å². The van der Waals surface area contributed by atoms with E-state index < -0.39 is 12.2 Å². The number of benzene rings is 2. The molecule has 0 fully saturated rings. The van der Waals surface area contributed by atoms with Gasteiger partial charge in [-0.3, -0.25) is 10.2 Å². The van der Waals surface area contributed by atoms with E-state index in [-0.39, 0.29) is 12.6 Å². The van der Waals surface area contributed by atoms with Crippen LogP contribution in [0.1, 0.15) is 13.8 Å². The lowest BCUT2D eigenvalue weighted by atomic mass is 10.2. The van der Waals surface area contributed by atoms with Crippen molar-refractivity contribution in [3.63, 3.8) is 0 Å². The Bertz CT molecular complexity index is 797. The molecule has 2 aromatic rings. The minimum Gasteiger partial charge on any atom is -0.436 e. The number of nitrogens with one attached hydrogen (secondary N) is 1. The van der Waals surface area contributed by atoms with Crippen LogP contribution in [0.3, 0.4) is 0 Å². The molecule has 0 bridgehead atoms. The first-order chi connectivity index (χ1) is 12.5. The molecule has 2 amide bonds. The number of hydrogen-bond donors (Lipinski definition) is 1. The molecule has 6 heteroatoms. The van der Waals surface area contributed by atoms with Crippen molar-refractivity contribution in [2.24, 2.45) is 0 Å². The second-order valence-electron chi connectivity index (χ2n) is 5.60. The van der Waals surface area contributed by atoms with E-state index in [1.807, 2.05) is 44.2 Å². The SMILES string of the molecule is C#CCOC(=O)Nc1cccc(OC(=O)N(c2ccccc2)C(C)C)c1. The summed E-state index contributed by atoms with van der Waals surface area (Å²) >= 11 is 0. The maximum absolute atomic E-state index is 12.6. The lowest BCUT2D eigenvalue weighted by Gasteiger charge is -2.25. The molecular formula is C20H20N2O4. The van der Waals surface area contributed by atoms with Gasteiger partial charge in [-0.15, -0.1) is 6.42 Å². The van der Waals surface area contributed by atoms with Crippen molar-refractivity contribution in [1.82, 2.24) is 0 Å². The molecule has 0 saturated carbocycles. The molecule has 6 nitrogen and oxygen atoms in total. The number of carbonyl (C=O) groups excluding carboxylic acids is 2. The highest BCUT2D eigenvalue weighted by Crippen LogP contribution is 2.22. The van der Waals surface area contributed by atoms with E-state index in [1.165, 1.54) is 6.07 Å². The van der Waals surface area contributed by atoms with Gasteiger partial charge in [0.1, 0.15) is 5.75 Å². The summed E-state index contributed by atoms with van der Waals surface area (Å²) in [6.07, 6.45) is 3.84. The quantitative estimate of drug-likeness (QED) is 0.816. The van der Waals surface area contributed by atoms with E-state index in [2.05, 4.69) is 11.2 Å². The second-order valence-corrected chi connectivity index (χ2v) is 5.60. The molecule has 0 spiro atoms. The first-order valence-electron chi connectivity index (χ1n) is 8.04. The summed E-state index contributed by atoms with van der Waals surface area (Å²) in [4.78, 5) is 25.7. The summed E-state index contributed by atoms with van der Waals surface area (Å²) in [5.41, 5.74) is 1.16. The van der Waals surface area contributed by atoms with E-state index >= 15 is 0 Å². The maximum Gasteiger partial charge on any atom is 0.419 e. The van der Waals surface area contributed by atoms with Gasteiger partial charge in [0.2, 0.25) is 0 Å². The van der Waals surface area contributed by atoms with Gasteiger partial charge in [0.25, 0.3) is 0 Å². The fraction of sp³-hybridized carbons (Fsp3) is 0.200. The van der Waals surface area contributed by atoms with E-state index in [4.69, 9.17) is 15.9 Å². The molecule has 2 aromatic carbocycles. The molecule has 1 N–H and O–H groups in total. The zero-order valence-electron chi connectivity index (χ0n) is 14.6. The Morgan fingerprint density at radius 3 is 2.54 bits per heavy atom. The second kappa shape index (κ2) is 9.14. The topological polar surface area (TPSA) is 67.9 Å². The normalized spacial score (nSPS) is 9.92. The number of terminal acetylenes is 1. The van der Waals surface area contributed by atoms with Crippen LogP contribution in [-0.4, -0.2) is 24.8 Å². The highest BCUT2D eigenvalue weighted by Gasteiger charge is 2.21. The largest absolute Gasteiger partial charge is 0.436 e. The van der Waals surface area contributed by atoms with Gasteiger partial charge in [-0.1, -0.05) is 30.2 Å². The number of anilines is 2. The first kappa shape index (κ1) is 18.9. The Balaban J connectivity index is 2.09. The molecule has 0 heterocycles. The lowest BCUT2D eigenvalue weighted by molar-refractivity contribution is 0.176. The predicted molar refractivity (Wildman–Crippen MR) is 100 cm³/mol. The molecular weight excluding hydrogens is 332 g/mol. The fourth-order valence-electron chi connectivity index (χ4n) is 2.25. The van der Waals surface area contributed by atoms with Crippen molar-refractivity contribution in [1.29, 1.82) is 0 Å². The molecule has 0 saturated heterocycles. The smallest absolute Gasteiger partial charge is 0.419 e. The van der Waals surface area contributed by atoms with Crippen molar-refractivity contribution >= 4 is 23.6 Å². The van der Waals surface area contributed by atoms with Crippen molar-refractivity contribution < 1.29 is 19.1 Å². The Kier molecular flexibility index (Phi) is 6.63. The van der Waals surface area contributed by atoms with Gasteiger partial charge in [-0.2, -0.15) is 0 Å². The summed E-state index contributed by atoms with van der Waals surface area (Å²) in [6.45, 7) is 3.67. The third-order valence-electron chi connectivity index (χ3n) is 3.32. The first-order valence-corrected chi connectivity index (χ1v) is 8.04. The van der Waals surface area contributed by atoms with Gasteiger partial charge in [0.15, 0.2) is 6.61 Å². The zero-order chi connectivity index (χ0) is 18.9. The van der Waals surface area contributed by atoms with Gasteiger partial charge >= 0.3 is 12.2 Å². The maximum atomic E-state index is 12.6. The molecule has 0 aliphatic carbocycles. The van der Waals surface area contributed by atoms with Crippen LogP contribution in [-0.2, 0) is 4.74 Å². The monoisotopic (exact) mass is 352 g/mol. The van der Waals surface area contributed by atoms with Gasteiger partial charge in [-0.25, -0.2) is 9.59 Å². The number of hydrogen-bond acceptors (Lipinski definition) is 4. The third-order valence-corrected chi connectivity index (χ3v) is 3.32. The summed E-state index contributed by atoms with van der Waals surface area (Å²) < 4.78 is 10.2. The average Bonchev–Trinajstić information content (AvgIpc) is 2.61. The Morgan fingerprint density at radius 2 is 1.88 bits per heavy atom. The molecule has 0 unspecified atom stereocenters. The molecule has 26 heavy (non-hydrogen) atoms. The van der Waals surface area contributed by atoms with E-state index in [0.717, 1.165) is 5.69 Å². The molecule has 0 aromatic heterocycles. The third kappa shape index (κ3) is 5.28. The number of para-hydroxylation sites is 1. The number of nitrogens with zero attached hydrogens (tertiary/aromatic N) is 1. The number of carbonyl (C=O) groups is 2. The summed E-state index contributed by atoms with van der Waals surface area (Å²) in [6, 6.07) is 15.6. The van der Waals surface area contributed by atoms with Crippen molar-refractivity contribution in [2.45, 2.75) is 19.9 Å². The van der Waals surface area contributed by atoms with Crippen LogP contribution in [0.5, 0.6) is 5.75 Å². The highest BCUT2D eigenvalue weighted by atomic mass is 16.6.